The van der Waals surface area contributed by atoms with Gasteiger partial charge in [0.05, 0.1) is 6.04 Å². The number of carboxylic acids is 1. The fraction of sp³-hybridized carbons (Fsp3) is 0.857. The van der Waals surface area contributed by atoms with Crippen LogP contribution in [0, 0.1) is 5.92 Å². The van der Waals surface area contributed by atoms with Gasteiger partial charge in [-0.05, 0) is 38.1 Å². The van der Waals surface area contributed by atoms with Crippen LogP contribution in [0.25, 0.3) is 0 Å². The van der Waals surface area contributed by atoms with Crippen molar-refractivity contribution in [1.29, 1.82) is 0 Å². The number of piperidine rings is 1. The lowest BCUT2D eigenvalue weighted by Crippen LogP contribution is -2.54. The van der Waals surface area contributed by atoms with E-state index in [1.165, 1.54) is 0 Å². The zero-order chi connectivity index (χ0) is 13.8. The second-order valence-corrected chi connectivity index (χ2v) is 5.87. The van der Waals surface area contributed by atoms with Crippen LogP contribution < -0.4 is 5.32 Å². The van der Waals surface area contributed by atoms with Crippen molar-refractivity contribution >= 4 is 11.9 Å². The van der Waals surface area contributed by atoms with Crippen LogP contribution in [0.3, 0.4) is 0 Å². The second kappa shape index (κ2) is 6.37. The van der Waals surface area contributed by atoms with Crippen LogP contribution in [0.2, 0.25) is 0 Å². The van der Waals surface area contributed by atoms with E-state index >= 15 is 0 Å². The highest BCUT2D eigenvalue weighted by atomic mass is 16.4. The highest BCUT2D eigenvalue weighted by Gasteiger charge is 2.35. The molecule has 2 rings (SSSR count). The first-order chi connectivity index (χ1) is 9.09. The molecule has 2 N–H and O–H groups in total. The first kappa shape index (κ1) is 14.3. The molecule has 0 aromatic rings. The molecule has 0 bridgehead atoms. The van der Waals surface area contributed by atoms with E-state index < -0.39 is 12.0 Å². The predicted molar refractivity (Wildman–Crippen MR) is 71.8 cm³/mol. The summed E-state index contributed by atoms with van der Waals surface area (Å²) < 4.78 is 0. The van der Waals surface area contributed by atoms with Crippen LogP contribution in [-0.2, 0) is 9.59 Å². The number of carbonyl (C=O) groups excluding carboxylic acids is 1. The lowest BCUT2D eigenvalue weighted by molar-refractivity contribution is -0.151. The number of carboxylic acid groups (broad SMARTS) is 1. The molecule has 19 heavy (non-hydrogen) atoms. The lowest BCUT2D eigenvalue weighted by Gasteiger charge is -2.34. The SMILES string of the molecule is CC1CCNC(C(=O)N2CCCCCC2C(=O)O)C1. The summed E-state index contributed by atoms with van der Waals surface area (Å²) in [5.74, 6) is -0.342. The maximum absolute atomic E-state index is 12.6. The van der Waals surface area contributed by atoms with Crippen molar-refractivity contribution in [3.8, 4) is 0 Å². The number of likely N-dealkylation sites (tertiary alicyclic amines) is 1. The summed E-state index contributed by atoms with van der Waals surface area (Å²) in [6.07, 6.45) is 5.33. The van der Waals surface area contributed by atoms with Crippen LogP contribution in [0.15, 0.2) is 0 Å². The van der Waals surface area contributed by atoms with Crippen molar-refractivity contribution in [2.75, 3.05) is 13.1 Å². The smallest absolute Gasteiger partial charge is 0.326 e. The first-order valence-electron chi connectivity index (χ1n) is 7.36. The minimum Gasteiger partial charge on any atom is -0.480 e. The average molecular weight is 268 g/mol. The molecule has 5 heteroatoms. The molecule has 0 radical (unpaired) electrons. The predicted octanol–water partition coefficient (Wildman–Crippen LogP) is 1.23. The van der Waals surface area contributed by atoms with Gasteiger partial charge in [-0.15, -0.1) is 0 Å². The summed E-state index contributed by atoms with van der Waals surface area (Å²) in [6, 6.07) is -0.822. The van der Waals surface area contributed by atoms with Gasteiger partial charge >= 0.3 is 5.97 Å². The molecule has 0 saturated carbocycles. The summed E-state index contributed by atoms with van der Waals surface area (Å²) in [4.78, 5) is 25.5. The van der Waals surface area contributed by atoms with Gasteiger partial charge in [0, 0.05) is 6.54 Å². The Morgan fingerprint density at radius 2 is 2.00 bits per heavy atom. The number of rotatable bonds is 2. The minimum atomic E-state index is -0.862. The van der Waals surface area contributed by atoms with Crippen molar-refractivity contribution in [2.45, 2.75) is 57.5 Å². The van der Waals surface area contributed by atoms with Crippen molar-refractivity contribution in [2.24, 2.45) is 5.92 Å². The van der Waals surface area contributed by atoms with Gasteiger partial charge in [0.2, 0.25) is 5.91 Å². The number of hydrogen-bond acceptors (Lipinski definition) is 3. The molecule has 0 aliphatic carbocycles. The molecule has 2 heterocycles. The van der Waals surface area contributed by atoms with Gasteiger partial charge in [0.1, 0.15) is 6.04 Å². The van der Waals surface area contributed by atoms with Crippen molar-refractivity contribution in [1.82, 2.24) is 10.2 Å². The number of nitrogens with one attached hydrogen (secondary N) is 1. The Kier molecular flexibility index (Phi) is 4.80. The Hall–Kier alpha value is -1.10. The number of hydrogen-bond donors (Lipinski definition) is 2. The van der Waals surface area contributed by atoms with Gasteiger partial charge < -0.3 is 15.3 Å². The molecule has 2 fully saturated rings. The van der Waals surface area contributed by atoms with E-state index in [1.807, 2.05) is 0 Å². The van der Waals surface area contributed by atoms with Gasteiger partial charge in [0.15, 0.2) is 0 Å². The Morgan fingerprint density at radius 1 is 1.21 bits per heavy atom. The second-order valence-electron chi connectivity index (χ2n) is 5.87. The Balaban J connectivity index is 2.07. The van der Waals surface area contributed by atoms with E-state index in [0.29, 0.717) is 18.9 Å². The van der Waals surface area contributed by atoms with Gasteiger partial charge in [0.25, 0.3) is 0 Å². The quantitative estimate of drug-likeness (QED) is 0.790. The third-order valence-corrected chi connectivity index (χ3v) is 4.28. The molecular weight excluding hydrogens is 244 g/mol. The molecule has 3 unspecified atom stereocenters. The largest absolute Gasteiger partial charge is 0.480 e. The standard InChI is InChI=1S/C14H24N2O3/c1-10-6-7-15-11(9-10)13(17)16-8-4-2-3-5-12(16)14(18)19/h10-12,15H,2-9H2,1H3,(H,18,19). The average Bonchev–Trinajstić information content (AvgIpc) is 2.63. The number of amides is 1. The molecule has 2 saturated heterocycles. The topological polar surface area (TPSA) is 69.6 Å². The number of nitrogens with zero attached hydrogens (tertiary/aromatic N) is 1. The highest BCUT2D eigenvalue weighted by molar-refractivity contribution is 5.87. The third-order valence-electron chi connectivity index (χ3n) is 4.28. The zero-order valence-electron chi connectivity index (χ0n) is 11.6. The molecular formula is C14H24N2O3. The monoisotopic (exact) mass is 268 g/mol. The lowest BCUT2D eigenvalue weighted by atomic mass is 9.93. The van der Waals surface area contributed by atoms with Crippen LogP contribution >= 0.6 is 0 Å². The molecule has 2 aliphatic rings. The molecule has 0 spiro atoms. The molecule has 3 atom stereocenters. The van der Waals surface area contributed by atoms with Gasteiger partial charge in [-0.2, -0.15) is 0 Å². The molecule has 1 amide bonds. The molecule has 5 nitrogen and oxygen atoms in total. The number of aliphatic carboxylic acids is 1. The van der Waals surface area contributed by atoms with Crippen LogP contribution in [0.5, 0.6) is 0 Å². The summed E-state index contributed by atoms with van der Waals surface area (Å²) in [6.45, 7) is 3.59. The van der Waals surface area contributed by atoms with E-state index in [1.54, 1.807) is 4.90 Å². The minimum absolute atomic E-state index is 0.0131. The maximum atomic E-state index is 12.6. The molecule has 0 aromatic carbocycles. The molecule has 2 aliphatic heterocycles. The molecule has 108 valence electrons. The normalized spacial score (nSPS) is 32.7. The van der Waals surface area contributed by atoms with Crippen molar-refractivity contribution in [3.05, 3.63) is 0 Å². The van der Waals surface area contributed by atoms with Gasteiger partial charge in [-0.3, -0.25) is 4.79 Å². The van der Waals surface area contributed by atoms with Crippen LogP contribution in [0.1, 0.15) is 45.4 Å². The number of carbonyl (C=O) groups is 2. The van der Waals surface area contributed by atoms with Crippen molar-refractivity contribution in [3.63, 3.8) is 0 Å². The summed E-state index contributed by atoms with van der Waals surface area (Å²) in [5, 5.41) is 12.6. The summed E-state index contributed by atoms with van der Waals surface area (Å²) in [7, 11) is 0. The summed E-state index contributed by atoms with van der Waals surface area (Å²) >= 11 is 0. The van der Waals surface area contributed by atoms with Crippen LogP contribution in [0.4, 0.5) is 0 Å². The van der Waals surface area contributed by atoms with E-state index in [-0.39, 0.29) is 11.9 Å². The Morgan fingerprint density at radius 3 is 2.68 bits per heavy atom. The van der Waals surface area contributed by atoms with E-state index in [9.17, 15) is 14.7 Å². The van der Waals surface area contributed by atoms with E-state index in [4.69, 9.17) is 0 Å². The maximum Gasteiger partial charge on any atom is 0.326 e. The zero-order valence-corrected chi connectivity index (χ0v) is 11.6. The third kappa shape index (κ3) is 3.47. The Bertz CT molecular complexity index is 346. The highest BCUT2D eigenvalue weighted by Crippen LogP contribution is 2.22. The first-order valence-corrected chi connectivity index (χ1v) is 7.36. The fourth-order valence-corrected chi connectivity index (χ4v) is 3.12. The molecule has 0 aromatic heterocycles. The van der Waals surface area contributed by atoms with Crippen LogP contribution in [-0.4, -0.2) is 47.1 Å². The van der Waals surface area contributed by atoms with Crippen molar-refractivity contribution < 1.29 is 14.7 Å². The van der Waals surface area contributed by atoms with Gasteiger partial charge in [-0.25, -0.2) is 4.79 Å². The summed E-state index contributed by atoms with van der Waals surface area (Å²) in [5.41, 5.74) is 0. The van der Waals surface area contributed by atoms with E-state index in [2.05, 4.69) is 12.2 Å². The fourth-order valence-electron chi connectivity index (χ4n) is 3.12. The van der Waals surface area contributed by atoms with Gasteiger partial charge in [-0.1, -0.05) is 19.8 Å². The van der Waals surface area contributed by atoms with E-state index in [0.717, 1.165) is 38.6 Å². The Labute approximate surface area is 114 Å².